The Morgan fingerprint density at radius 1 is 1.20 bits per heavy atom. The Labute approximate surface area is 211 Å². The van der Waals surface area contributed by atoms with Crippen molar-refractivity contribution in [2.75, 3.05) is 36.0 Å². The van der Waals surface area contributed by atoms with Crippen LogP contribution in [-0.2, 0) is 11.3 Å². The molecule has 1 aliphatic rings. The van der Waals surface area contributed by atoms with Gasteiger partial charge in [-0.2, -0.15) is 11.8 Å². The van der Waals surface area contributed by atoms with Crippen LogP contribution in [0.4, 0.5) is 5.82 Å². The van der Waals surface area contributed by atoms with Gasteiger partial charge in [0.2, 0.25) is 5.91 Å². The van der Waals surface area contributed by atoms with Crippen molar-refractivity contribution < 1.29 is 4.79 Å². The normalized spacial score (nSPS) is 15.9. The van der Waals surface area contributed by atoms with Crippen molar-refractivity contribution in [2.45, 2.75) is 46.1 Å². The highest BCUT2D eigenvalue weighted by molar-refractivity contribution is 7.99. The Kier molecular flexibility index (Phi) is 8.79. The summed E-state index contributed by atoms with van der Waals surface area (Å²) in [4.78, 5) is 37.6. The van der Waals surface area contributed by atoms with Gasteiger partial charge in [0.15, 0.2) is 11.5 Å². The Bertz CT molecular complexity index is 1190. The summed E-state index contributed by atoms with van der Waals surface area (Å²) < 4.78 is 1.71. The summed E-state index contributed by atoms with van der Waals surface area (Å²) in [7, 11) is 0. The van der Waals surface area contributed by atoms with Gasteiger partial charge >= 0.3 is 0 Å². The number of amides is 1. The van der Waals surface area contributed by atoms with Crippen molar-refractivity contribution >= 4 is 34.7 Å². The van der Waals surface area contributed by atoms with Gasteiger partial charge in [0.25, 0.3) is 5.56 Å². The number of hydrogen-bond donors (Lipinski definition) is 1. The molecule has 35 heavy (non-hydrogen) atoms. The number of aromatic nitrogens is 3. The lowest BCUT2D eigenvalue weighted by atomic mass is 9.97. The lowest BCUT2D eigenvalue weighted by Crippen LogP contribution is -2.46. The molecule has 1 aliphatic heterocycles. The van der Waals surface area contributed by atoms with Crippen LogP contribution in [0.1, 0.15) is 43.7 Å². The highest BCUT2D eigenvalue weighted by Crippen LogP contribution is 2.22. The van der Waals surface area contributed by atoms with Gasteiger partial charge in [0.05, 0.1) is 12.5 Å². The molecule has 1 amide bonds. The van der Waals surface area contributed by atoms with Crippen LogP contribution in [0.25, 0.3) is 11.2 Å². The van der Waals surface area contributed by atoms with Gasteiger partial charge in [-0.05, 0) is 61.8 Å². The first-order valence-corrected chi connectivity index (χ1v) is 13.7. The summed E-state index contributed by atoms with van der Waals surface area (Å²) in [5.41, 5.74) is 3.32. The van der Waals surface area contributed by atoms with Crippen LogP contribution in [0, 0.1) is 12.8 Å². The molecular weight excluding hydrogens is 458 g/mol. The smallest absolute Gasteiger partial charge is 0.295 e. The Morgan fingerprint density at radius 3 is 2.83 bits per heavy atom. The molecule has 1 saturated heterocycles. The number of fused-ring (bicyclic) bond motifs is 1. The minimum absolute atomic E-state index is 0.0811. The van der Waals surface area contributed by atoms with E-state index in [1.165, 1.54) is 17.7 Å². The average Bonchev–Trinajstić information content (AvgIpc) is 2.88. The fraction of sp³-hybridized carbons (Fsp3) is 0.481. The molecule has 0 aliphatic carbocycles. The lowest BCUT2D eigenvalue weighted by molar-refractivity contribution is -0.125. The highest BCUT2D eigenvalue weighted by Gasteiger charge is 2.28. The predicted octanol–water partition coefficient (Wildman–Crippen LogP) is 4.01. The van der Waals surface area contributed by atoms with Crippen molar-refractivity contribution in [1.29, 1.82) is 0 Å². The molecule has 3 heterocycles. The Morgan fingerprint density at radius 2 is 2.03 bits per heavy atom. The molecule has 0 radical (unpaired) electrons. The fourth-order valence-corrected chi connectivity index (χ4v) is 5.29. The molecule has 0 unspecified atom stereocenters. The molecular formula is C27H35N5O2S. The quantitative estimate of drug-likeness (QED) is 0.430. The zero-order valence-electron chi connectivity index (χ0n) is 20.7. The number of hydrogen-bond acceptors (Lipinski definition) is 6. The van der Waals surface area contributed by atoms with Crippen LogP contribution in [0.3, 0.4) is 0 Å². The summed E-state index contributed by atoms with van der Waals surface area (Å²) >= 11 is 1.93. The molecule has 1 aromatic carbocycles. The van der Waals surface area contributed by atoms with E-state index in [-0.39, 0.29) is 17.4 Å². The number of anilines is 1. The molecule has 1 N–H and O–H groups in total. The maximum absolute atomic E-state index is 13.6. The van der Waals surface area contributed by atoms with E-state index in [1.807, 2.05) is 47.9 Å². The molecule has 1 atom stereocenters. The monoisotopic (exact) mass is 493 g/mol. The molecule has 8 heteroatoms. The SMILES string of the molecule is CCCSCCCNC(=O)[C@@H]1CCCN(c2nc3cccnc3n(Cc3ccc(C)cc3)c2=O)C1. The van der Waals surface area contributed by atoms with E-state index in [2.05, 4.69) is 29.4 Å². The molecule has 186 valence electrons. The number of carbonyl (C=O) groups is 1. The second-order valence-corrected chi connectivity index (χ2v) is 10.4. The van der Waals surface area contributed by atoms with Gasteiger partial charge in [-0.25, -0.2) is 9.97 Å². The van der Waals surface area contributed by atoms with Gasteiger partial charge in [0, 0.05) is 25.8 Å². The summed E-state index contributed by atoms with van der Waals surface area (Å²) in [5, 5.41) is 3.10. The van der Waals surface area contributed by atoms with E-state index in [0.29, 0.717) is 36.6 Å². The van der Waals surface area contributed by atoms with Crippen molar-refractivity contribution in [3.8, 4) is 0 Å². The molecule has 7 nitrogen and oxygen atoms in total. The number of nitrogens with one attached hydrogen (secondary N) is 1. The molecule has 0 spiro atoms. The number of rotatable bonds is 10. The Hall–Kier alpha value is -2.87. The maximum atomic E-state index is 13.6. The average molecular weight is 494 g/mol. The number of carbonyl (C=O) groups excluding carboxylic acids is 1. The van der Waals surface area contributed by atoms with Crippen LogP contribution in [0.15, 0.2) is 47.4 Å². The number of aryl methyl sites for hydroxylation is 1. The molecule has 3 aromatic rings. The number of piperidine rings is 1. The van der Waals surface area contributed by atoms with Gasteiger partial charge < -0.3 is 10.2 Å². The van der Waals surface area contributed by atoms with E-state index in [0.717, 1.165) is 37.1 Å². The van der Waals surface area contributed by atoms with Crippen molar-refractivity contribution in [3.05, 3.63) is 64.1 Å². The number of thioether (sulfide) groups is 1. The lowest BCUT2D eigenvalue weighted by Gasteiger charge is -2.32. The first-order valence-electron chi connectivity index (χ1n) is 12.6. The van der Waals surface area contributed by atoms with E-state index in [9.17, 15) is 9.59 Å². The summed E-state index contributed by atoms with van der Waals surface area (Å²) in [6.07, 6.45) is 5.54. The van der Waals surface area contributed by atoms with Crippen molar-refractivity contribution in [2.24, 2.45) is 5.92 Å². The third-order valence-electron chi connectivity index (χ3n) is 6.35. The Balaban J connectivity index is 1.52. The van der Waals surface area contributed by atoms with Crippen molar-refractivity contribution in [3.63, 3.8) is 0 Å². The minimum atomic E-state index is -0.161. The van der Waals surface area contributed by atoms with E-state index in [4.69, 9.17) is 4.98 Å². The third kappa shape index (κ3) is 6.42. The largest absolute Gasteiger partial charge is 0.356 e. The highest BCUT2D eigenvalue weighted by atomic mass is 32.2. The second-order valence-electron chi connectivity index (χ2n) is 9.20. The topological polar surface area (TPSA) is 80.1 Å². The first-order chi connectivity index (χ1) is 17.1. The minimum Gasteiger partial charge on any atom is -0.356 e. The van der Waals surface area contributed by atoms with Gasteiger partial charge in [0.1, 0.15) is 5.52 Å². The first kappa shape index (κ1) is 25.2. The number of nitrogens with zero attached hydrogens (tertiary/aromatic N) is 4. The van der Waals surface area contributed by atoms with E-state index >= 15 is 0 Å². The van der Waals surface area contributed by atoms with Crippen LogP contribution in [-0.4, -0.2) is 51.6 Å². The molecule has 0 saturated carbocycles. The second kappa shape index (κ2) is 12.2. The van der Waals surface area contributed by atoms with E-state index in [1.54, 1.807) is 10.8 Å². The summed E-state index contributed by atoms with van der Waals surface area (Å²) in [6.45, 7) is 6.59. The summed E-state index contributed by atoms with van der Waals surface area (Å²) in [5.74, 6) is 2.59. The van der Waals surface area contributed by atoms with Crippen LogP contribution >= 0.6 is 11.8 Å². The van der Waals surface area contributed by atoms with Gasteiger partial charge in [-0.15, -0.1) is 0 Å². The van der Waals surface area contributed by atoms with Crippen LogP contribution in [0.5, 0.6) is 0 Å². The molecule has 1 fully saturated rings. The predicted molar refractivity (Wildman–Crippen MR) is 144 cm³/mol. The third-order valence-corrected chi connectivity index (χ3v) is 7.62. The van der Waals surface area contributed by atoms with Crippen LogP contribution < -0.4 is 15.8 Å². The number of benzene rings is 1. The fourth-order valence-electron chi connectivity index (χ4n) is 4.45. The standard InChI is InChI=1S/C27H35N5O2S/c1-3-16-35-17-6-14-29-26(33)22-7-5-15-31(19-22)25-27(34)32(18-21-11-9-20(2)10-12-21)24-23(30-25)8-4-13-28-24/h4,8-13,22H,3,5-7,14-19H2,1-2H3,(H,29,33)/t22-/m1/s1. The van der Waals surface area contributed by atoms with Gasteiger partial charge in [-0.3, -0.25) is 14.2 Å². The van der Waals surface area contributed by atoms with E-state index < -0.39 is 0 Å². The zero-order valence-corrected chi connectivity index (χ0v) is 21.5. The molecule has 4 rings (SSSR count). The number of pyridine rings is 1. The molecule has 0 bridgehead atoms. The zero-order chi connectivity index (χ0) is 24.6. The summed E-state index contributed by atoms with van der Waals surface area (Å²) in [6, 6.07) is 11.9. The molecule has 2 aromatic heterocycles. The van der Waals surface area contributed by atoms with Crippen LogP contribution in [0.2, 0.25) is 0 Å². The maximum Gasteiger partial charge on any atom is 0.295 e. The van der Waals surface area contributed by atoms with Crippen molar-refractivity contribution in [1.82, 2.24) is 19.9 Å². The van der Waals surface area contributed by atoms with Gasteiger partial charge in [-0.1, -0.05) is 36.8 Å².